The maximum atomic E-state index is 12.2. The summed E-state index contributed by atoms with van der Waals surface area (Å²) in [6, 6.07) is 10.5. The minimum atomic E-state index is -0.118. The number of rotatable bonds is 7. The van der Waals surface area contributed by atoms with Gasteiger partial charge in [-0.1, -0.05) is 30.3 Å². The number of nitrogens with one attached hydrogen (secondary N) is 2. The van der Waals surface area contributed by atoms with Gasteiger partial charge in [0.05, 0.1) is 26.1 Å². The standard InChI is InChI=1S/C19H28N2O3/c1-15(8-9-16-6-4-3-5-7-16)20-18(22)14-21-12-10-17(11-13-21)19(23)24-2/h3-7,15,17H,8-14H2,1-2H3,(H,20,22)/p+1/t15-/m0/s1. The molecule has 1 aromatic carbocycles. The molecule has 0 bridgehead atoms. The maximum Gasteiger partial charge on any atom is 0.309 e. The second-order valence-corrected chi connectivity index (χ2v) is 6.72. The van der Waals surface area contributed by atoms with Gasteiger partial charge in [-0.2, -0.15) is 0 Å². The Balaban J connectivity index is 1.65. The Hall–Kier alpha value is -1.88. The van der Waals surface area contributed by atoms with E-state index in [9.17, 15) is 9.59 Å². The van der Waals surface area contributed by atoms with Crippen molar-refractivity contribution >= 4 is 11.9 Å². The third-order valence-electron chi connectivity index (χ3n) is 4.75. The van der Waals surface area contributed by atoms with Gasteiger partial charge in [0.2, 0.25) is 0 Å². The molecule has 1 saturated heterocycles. The molecule has 5 heteroatoms. The highest BCUT2D eigenvalue weighted by Crippen LogP contribution is 2.10. The molecule has 5 nitrogen and oxygen atoms in total. The van der Waals surface area contributed by atoms with E-state index in [1.54, 1.807) is 0 Å². The van der Waals surface area contributed by atoms with Gasteiger partial charge in [0, 0.05) is 18.9 Å². The number of benzene rings is 1. The number of hydrogen-bond acceptors (Lipinski definition) is 3. The van der Waals surface area contributed by atoms with Crippen molar-refractivity contribution in [2.45, 2.75) is 38.6 Å². The van der Waals surface area contributed by atoms with Gasteiger partial charge in [0.1, 0.15) is 0 Å². The Morgan fingerprint density at radius 3 is 2.54 bits per heavy atom. The van der Waals surface area contributed by atoms with Crippen molar-refractivity contribution in [3.63, 3.8) is 0 Å². The first-order chi connectivity index (χ1) is 11.6. The number of esters is 1. The van der Waals surface area contributed by atoms with Gasteiger partial charge in [-0.15, -0.1) is 0 Å². The van der Waals surface area contributed by atoms with Crippen LogP contribution in [0.25, 0.3) is 0 Å². The van der Waals surface area contributed by atoms with E-state index in [-0.39, 0.29) is 23.8 Å². The van der Waals surface area contributed by atoms with Crippen LogP contribution < -0.4 is 10.2 Å². The van der Waals surface area contributed by atoms with Crippen LogP contribution in [-0.2, 0) is 20.7 Å². The van der Waals surface area contributed by atoms with Gasteiger partial charge in [0.15, 0.2) is 6.54 Å². The van der Waals surface area contributed by atoms with Crippen molar-refractivity contribution in [3.8, 4) is 0 Å². The molecule has 0 radical (unpaired) electrons. The van der Waals surface area contributed by atoms with Gasteiger partial charge >= 0.3 is 5.97 Å². The molecule has 0 aromatic heterocycles. The van der Waals surface area contributed by atoms with E-state index >= 15 is 0 Å². The minimum absolute atomic E-state index is 0.00612. The van der Waals surface area contributed by atoms with Crippen LogP contribution in [0.5, 0.6) is 0 Å². The molecular weight excluding hydrogens is 304 g/mol. The number of amides is 1. The van der Waals surface area contributed by atoms with E-state index in [2.05, 4.69) is 24.4 Å². The van der Waals surface area contributed by atoms with Crippen molar-refractivity contribution in [1.29, 1.82) is 0 Å². The van der Waals surface area contributed by atoms with Crippen LogP contribution in [0.15, 0.2) is 30.3 Å². The van der Waals surface area contributed by atoms with Crippen molar-refractivity contribution < 1.29 is 19.2 Å². The molecular formula is C19H29N2O3+. The highest BCUT2D eigenvalue weighted by atomic mass is 16.5. The Labute approximate surface area is 144 Å². The molecule has 1 aromatic rings. The fraction of sp³-hybridized carbons (Fsp3) is 0.579. The molecule has 0 unspecified atom stereocenters. The highest BCUT2D eigenvalue weighted by molar-refractivity contribution is 5.77. The first-order valence-corrected chi connectivity index (χ1v) is 8.83. The molecule has 24 heavy (non-hydrogen) atoms. The second kappa shape index (κ2) is 9.42. The third kappa shape index (κ3) is 5.96. The molecule has 1 amide bonds. The Morgan fingerprint density at radius 1 is 1.25 bits per heavy atom. The number of quaternary nitrogens is 1. The summed E-state index contributed by atoms with van der Waals surface area (Å²) in [5.74, 6) is -0.0123. The van der Waals surface area contributed by atoms with Crippen LogP contribution in [-0.4, -0.2) is 44.7 Å². The summed E-state index contributed by atoms with van der Waals surface area (Å²) in [4.78, 5) is 25.0. The van der Waals surface area contributed by atoms with Crippen LogP contribution >= 0.6 is 0 Å². The fourth-order valence-electron chi connectivity index (χ4n) is 3.26. The normalized spacial score (nSPS) is 21.8. The number of carbonyl (C=O) groups excluding carboxylic acids is 2. The molecule has 2 rings (SSSR count). The second-order valence-electron chi connectivity index (χ2n) is 6.72. The number of likely N-dealkylation sites (tertiary alicyclic amines) is 1. The molecule has 1 aliphatic rings. The molecule has 1 aliphatic heterocycles. The summed E-state index contributed by atoms with van der Waals surface area (Å²) < 4.78 is 4.79. The maximum absolute atomic E-state index is 12.2. The molecule has 0 saturated carbocycles. The lowest BCUT2D eigenvalue weighted by Gasteiger charge is -2.27. The lowest BCUT2D eigenvalue weighted by atomic mass is 9.97. The first-order valence-electron chi connectivity index (χ1n) is 8.83. The summed E-state index contributed by atoms with van der Waals surface area (Å²) >= 11 is 0. The van der Waals surface area contributed by atoms with Crippen LogP contribution in [0.3, 0.4) is 0 Å². The zero-order valence-corrected chi connectivity index (χ0v) is 14.7. The fourth-order valence-corrected chi connectivity index (χ4v) is 3.26. The number of hydrogen-bond donors (Lipinski definition) is 2. The molecule has 132 valence electrons. The van der Waals surface area contributed by atoms with Gasteiger partial charge in [0.25, 0.3) is 5.91 Å². The summed E-state index contributed by atoms with van der Waals surface area (Å²) in [6.07, 6.45) is 3.52. The largest absolute Gasteiger partial charge is 0.469 e. The molecule has 1 heterocycles. The predicted molar refractivity (Wildman–Crippen MR) is 92.7 cm³/mol. The predicted octanol–water partition coefficient (Wildman–Crippen LogP) is 0.592. The van der Waals surface area contributed by atoms with Crippen molar-refractivity contribution in [2.24, 2.45) is 5.92 Å². The molecule has 0 spiro atoms. The number of carbonyl (C=O) groups is 2. The van der Waals surface area contributed by atoms with E-state index < -0.39 is 0 Å². The number of methoxy groups -OCH3 is 1. The zero-order chi connectivity index (χ0) is 17.4. The van der Waals surface area contributed by atoms with Gasteiger partial charge in [-0.3, -0.25) is 9.59 Å². The van der Waals surface area contributed by atoms with E-state index in [4.69, 9.17) is 4.74 Å². The highest BCUT2D eigenvalue weighted by Gasteiger charge is 2.29. The molecule has 2 N–H and O–H groups in total. The summed E-state index contributed by atoms with van der Waals surface area (Å²) in [7, 11) is 1.44. The van der Waals surface area contributed by atoms with Crippen LogP contribution in [0.4, 0.5) is 0 Å². The molecule has 1 fully saturated rings. The summed E-state index contributed by atoms with van der Waals surface area (Å²) in [6.45, 7) is 4.25. The molecule has 1 atom stereocenters. The first kappa shape index (κ1) is 18.5. The SMILES string of the molecule is COC(=O)C1CC[NH+](CC(=O)N[C@@H](C)CCc2ccccc2)CC1. The van der Waals surface area contributed by atoms with Crippen LogP contribution in [0.2, 0.25) is 0 Å². The zero-order valence-electron chi connectivity index (χ0n) is 14.7. The number of ether oxygens (including phenoxy) is 1. The summed E-state index contributed by atoms with van der Waals surface area (Å²) in [5.41, 5.74) is 1.30. The third-order valence-corrected chi connectivity index (χ3v) is 4.75. The van der Waals surface area contributed by atoms with E-state index in [0.717, 1.165) is 38.8 Å². The quantitative estimate of drug-likeness (QED) is 0.718. The topological polar surface area (TPSA) is 59.8 Å². The number of piperidine rings is 1. The monoisotopic (exact) mass is 333 g/mol. The Bertz CT molecular complexity index is 525. The number of aryl methyl sites for hydroxylation is 1. The van der Waals surface area contributed by atoms with E-state index in [1.165, 1.54) is 17.6 Å². The average molecular weight is 333 g/mol. The van der Waals surface area contributed by atoms with Crippen molar-refractivity contribution in [2.75, 3.05) is 26.7 Å². The van der Waals surface area contributed by atoms with Crippen LogP contribution in [0, 0.1) is 5.92 Å². The van der Waals surface area contributed by atoms with Gasteiger partial charge < -0.3 is 15.0 Å². The Kier molecular flexibility index (Phi) is 7.25. The minimum Gasteiger partial charge on any atom is -0.469 e. The van der Waals surface area contributed by atoms with Crippen molar-refractivity contribution in [1.82, 2.24) is 5.32 Å². The lowest BCUT2D eigenvalue weighted by molar-refractivity contribution is -0.897. The average Bonchev–Trinajstić information content (AvgIpc) is 2.60. The van der Waals surface area contributed by atoms with Crippen molar-refractivity contribution in [3.05, 3.63) is 35.9 Å². The molecule has 0 aliphatic carbocycles. The van der Waals surface area contributed by atoms with E-state index in [1.807, 2.05) is 18.2 Å². The smallest absolute Gasteiger partial charge is 0.309 e. The lowest BCUT2D eigenvalue weighted by Crippen LogP contribution is -3.14. The van der Waals surface area contributed by atoms with Gasteiger partial charge in [-0.25, -0.2) is 0 Å². The van der Waals surface area contributed by atoms with E-state index in [0.29, 0.717) is 6.54 Å². The summed E-state index contributed by atoms with van der Waals surface area (Å²) in [5, 5.41) is 3.09. The van der Waals surface area contributed by atoms with Gasteiger partial charge in [-0.05, 0) is 25.3 Å². The van der Waals surface area contributed by atoms with Crippen LogP contribution in [0.1, 0.15) is 31.7 Å². The Morgan fingerprint density at radius 2 is 1.92 bits per heavy atom.